The fourth-order valence-electron chi connectivity index (χ4n) is 2.85. The number of nitrogens with one attached hydrogen (secondary N) is 1. The van der Waals surface area contributed by atoms with Crippen LogP contribution >= 0.6 is 23.2 Å². The van der Waals surface area contributed by atoms with Crippen LogP contribution in [0, 0.1) is 6.92 Å². The SMILES string of the molecule is Cc1ccc(S(=O)(=O)N(C)c2ccc(CC(=O)Nc3cc(Cl)cc(Cl)c3)cc2)cc1. The average molecular weight is 463 g/mol. The molecule has 8 heteroatoms. The minimum absolute atomic E-state index is 0.124. The Morgan fingerprint density at radius 2 is 1.50 bits per heavy atom. The fraction of sp³-hybridized carbons (Fsp3) is 0.136. The molecule has 0 radical (unpaired) electrons. The lowest BCUT2D eigenvalue weighted by Crippen LogP contribution is -2.26. The monoisotopic (exact) mass is 462 g/mol. The molecule has 0 heterocycles. The van der Waals surface area contributed by atoms with Gasteiger partial charge in [0.15, 0.2) is 0 Å². The van der Waals surface area contributed by atoms with Crippen molar-refractivity contribution in [3.8, 4) is 0 Å². The summed E-state index contributed by atoms with van der Waals surface area (Å²) in [4.78, 5) is 12.5. The predicted molar refractivity (Wildman–Crippen MR) is 122 cm³/mol. The molecule has 0 atom stereocenters. The van der Waals surface area contributed by atoms with Crippen LogP contribution in [-0.2, 0) is 21.2 Å². The molecule has 0 unspecified atom stereocenters. The van der Waals surface area contributed by atoms with Gasteiger partial charge in [0.2, 0.25) is 5.91 Å². The Balaban J connectivity index is 1.69. The molecule has 0 saturated carbocycles. The van der Waals surface area contributed by atoms with Gasteiger partial charge in [-0.15, -0.1) is 0 Å². The molecule has 3 aromatic carbocycles. The third kappa shape index (κ3) is 5.33. The summed E-state index contributed by atoms with van der Waals surface area (Å²) < 4.78 is 26.8. The summed E-state index contributed by atoms with van der Waals surface area (Å²) in [6.45, 7) is 1.90. The minimum atomic E-state index is -3.66. The van der Waals surface area contributed by atoms with E-state index in [2.05, 4.69) is 5.32 Å². The second-order valence-corrected chi connectivity index (χ2v) is 9.68. The third-order valence-corrected chi connectivity index (χ3v) is 6.73. The zero-order chi connectivity index (χ0) is 21.9. The molecule has 0 aliphatic carbocycles. The van der Waals surface area contributed by atoms with E-state index in [-0.39, 0.29) is 17.2 Å². The van der Waals surface area contributed by atoms with Gasteiger partial charge in [0, 0.05) is 22.8 Å². The minimum Gasteiger partial charge on any atom is -0.326 e. The molecule has 0 bridgehead atoms. The first-order valence-corrected chi connectivity index (χ1v) is 11.3. The molecule has 5 nitrogen and oxygen atoms in total. The van der Waals surface area contributed by atoms with Crippen LogP contribution in [0.1, 0.15) is 11.1 Å². The zero-order valence-corrected chi connectivity index (χ0v) is 18.7. The lowest BCUT2D eigenvalue weighted by Gasteiger charge is -2.20. The van der Waals surface area contributed by atoms with Gasteiger partial charge in [-0.1, -0.05) is 53.0 Å². The first-order chi connectivity index (χ1) is 14.1. The van der Waals surface area contributed by atoms with E-state index in [0.29, 0.717) is 21.4 Å². The Bertz CT molecular complexity index is 1140. The van der Waals surface area contributed by atoms with Gasteiger partial charge in [-0.05, 0) is 55.0 Å². The second-order valence-electron chi connectivity index (χ2n) is 6.84. The highest BCUT2D eigenvalue weighted by molar-refractivity contribution is 7.92. The first kappa shape index (κ1) is 22.2. The van der Waals surface area contributed by atoms with Crippen molar-refractivity contribution in [3.05, 3.63) is 87.9 Å². The quantitative estimate of drug-likeness (QED) is 0.539. The van der Waals surface area contributed by atoms with E-state index >= 15 is 0 Å². The van der Waals surface area contributed by atoms with E-state index in [1.54, 1.807) is 66.7 Å². The molecule has 0 aromatic heterocycles. The molecule has 30 heavy (non-hydrogen) atoms. The molecule has 156 valence electrons. The van der Waals surface area contributed by atoms with Gasteiger partial charge >= 0.3 is 0 Å². The predicted octanol–water partition coefficient (Wildman–Crippen LogP) is 5.31. The molecule has 0 saturated heterocycles. The maximum atomic E-state index is 12.8. The highest BCUT2D eigenvalue weighted by atomic mass is 35.5. The summed E-state index contributed by atoms with van der Waals surface area (Å²) in [6.07, 6.45) is 0.124. The molecule has 0 fully saturated rings. The van der Waals surface area contributed by atoms with E-state index in [1.165, 1.54) is 11.4 Å². The normalized spacial score (nSPS) is 11.2. The van der Waals surface area contributed by atoms with E-state index in [9.17, 15) is 13.2 Å². The Morgan fingerprint density at radius 1 is 0.933 bits per heavy atom. The largest absolute Gasteiger partial charge is 0.326 e. The van der Waals surface area contributed by atoms with Crippen molar-refractivity contribution in [3.63, 3.8) is 0 Å². The van der Waals surface area contributed by atoms with Crippen molar-refractivity contribution in [2.24, 2.45) is 0 Å². The molecule has 1 amide bonds. The molecule has 0 aliphatic heterocycles. The van der Waals surface area contributed by atoms with Crippen molar-refractivity contribution >= 4 is 50.5 Å². The Morgan fingerprint density at radius 3 is 2.07 bits per heavy atom. The van der Waals surface area contributed by atoms with Crippen molar-refractivity contribution < 1.29 is 13.2 Å². The summed E-state index contributed by atoms with van der Waals surface area (Å²) in [5.41, 5.74) is 2.74. The second kappa shape index (κ2) is 9.08. The van der Waals surface area contributed by atoms with Gasteiger partial charge in [0.25, 0.3) is 10.0 Å². The zero-order valence-electron chi connectivity index (χ0n) is 16.4. The van der Waals surface area contributed by atoms with Crippen LogP contribution in [0.4, 0.5) is 11.4 Å². The number of halogens is 2. The highest BCUT2D eigenvalue weighted by Gasteiger charge is 2.21. The number of sulfonamides is 1. The van der Waals surface area contributed by atoms with E-state index < -0.39 is 10.0 Å². The Hall–Kier alpha value is -2.54. The third-order valence-electron chi connectivity index (χ3n) is 4.49. The topological polar surface area (TPSA) is 66.5 Å². The number of carbonyl (C=O) groups excluding carboxylic acids is 1. The van der Waals surface area contributed by atoms with Crippen molar-refractivity contribution in [1.29, 1.82) is 0 Å². The summed E-state index contributed by atoms with van der Waals surface area (Å²) in [5.74, 6) is -0.235. The van der Waals surface area contributed by atoms with Crippen LogP contribution in [0.3, 0.4) is 0 Å². The lowest BCUT2D eigenvalue weighted by molar-refractivity contribution is -0.115. The fourth-order valence-corrected chi connectivity index (χ4v) is 4.57. The van der Waals surface area contributed by atoms with Gasteiger partial charge in [-0.2, -0.15) is 0 Å². The summed E-state index contributed by atoms with van der Waals surface area (Å²) in [5, 5.41) is 3.61. The van der Waals surface area contributed by atoms with Gasteiger partial charge in [0.05, 0.1) is 17.0 Å². The summed E-state index contributed by atoms with van der Waals surface area (Å²) in [7, 11) is -2.16. The van der Waals surface area contributed by atoms with Crippen molar-refractivity contribution in [2.75, 3.05) is 16.7 Å². The van der Waals surface area contributed by atoms with Crippen LogP contribution in [0.5, 0.6) is 0 Å². The van der Waals surface area contributed by atoms with Crippen LogP contribution in [-0.4, -0.2) is 21.4 Å². The van der Waals surface area contributed by atoms with Crippen LogP contribution in [0.2, 0.25) is 10.0 Å². The molecule has 3 aromatic rings. The van der Waals surface area contributed by atoms with Gasteiger partial charge < -0.3 is 5.32 Å². The van der Waals surface area contributed by atoms with E-state index in [1.807, 2.05) is 6.92 Å². The smallest absolute Gasteiger partial charge is 0.264 e. The molecular formula is C22H20Cl2N2O3S. The number of amides is 1. The van der Waals surface area contributed by atoms with Gasteiger partial charge in [-0.25, -0.2) is 8.42 Å². The molecule has 0 spiro atoms. The molecular weight excluding hydrogens is 443 g/mol. The maximum absolute atomic E-state index is 12.8. The lowest BCUT2D eigenvalue weighted by atomic mass is 10.1. The maximum Gasteiger partial charge on any atom is 0.264 e. The van der Waals surface area contributed by atoms with Crippen LogP contribution in [0.15, 0.2) is 71.6 Å². The van der Waals surface area contributed by atoms with Crippen LogP contribution in [0.25, 0.3) is 0 Å². The number of hydrogen-bond acceptors (Lipinski definition) is 3. The first-order valence-electron chi connectivity index (χ1n) is 9.05. The van der Waals surface area contributed by atoms with Gasteiger partial charge in [0.1, 0.15) is 0 Å². The number of carbonyl (C=O) groups is 1. The number of anilines is 2. The van der Waals surface area contributed by atoms with Crippen molar-refractivity contribution in [2.45, 2.75) is 18.2 Å². The highest BCUT2D eigenvalue weighted by Crippen LogP contribution is 2.24. The number of hydrogen-bond donors (Lipinski definition) is 1. The molecule has 3 rings (SSSR count). The molecule has 1 N–H and O–H groups in total. The number of nitrogens with zero attached hydrogens (tertiary/aromatic N) is 1. The standard InChI is InChI=1S/C22H20Cl2N2O3S/c1-15-3-9-21(10-4-15)30(28,29)26(2)20-7-5-16(6-8-20)11-22(27)25-19-13-17(23)12-18(24)14-19/h3-10,12-14H,11H2,1-2H3,(H,25,27). The Labute approximate surface area is 186 Å². The van der Waals surface area contributed by atoms with E-state index in [4.69, 9.17) is 23.2 Å². The average Bonchev–Trinajstić information content (AvgIpc) is 2.67. The number of rotatable bonds is 6. The van der Waals surface area contributed by atoms with Gasteiger partial charge in [-0.3, -0.25) is 9.10 Å². The summed E-state index contributed by atoms with van der Waals surface area (Å²) in [6, 6.07) is 18.3. The number of aryl methyl sites for hydroxylation is 1. The van der Waals surface area contributed by atoms with Crippen LogP contribution < -0.4 is 9.62 Å². The van der Waals surface area contributed by atoms with Crippen molar-refractivity contribution in [1.82, 2.24) is 0 Å². The summed E-state index contributed by atoms with van der Waals surface area (Å²) >= 11 is 11.9. The Kier molecular flexibility index (Phi) is 6.71. The van der Waals surface area contributed by atoms with E-state index in [0.717, 1.165) is 11.1 Å². The molecule has 0 aliphatic rings. The number of benzene rings is 3.